The Hall–Kier alpha value is -3.73. The van der Waals surface area contributed by atoms with E-state index in [2.05, 4.69) is 20.5 Å². The van der Waals surface area contributed by atoms with Crippen molar-refractivity contribution in [1.29, 1.82) is 0 Å². The molecule has 3 atom stereocenters. The second-order valence-corrected chi connectivity index (χ2v) is 14.6. The largest absolute Gasteiger partial charge is 0.497 e. The van der Waals surface area contributed by atoms with Crippen LogP contribution in [-0.4, -0.2) is 77.3 Å². The number of nitrogens with zero attached hydrogens (tertiary/aromatic N) is 5. The minimum atomic E-state index is -3.88. The molecular formula is C35H41N5O4S. The number of sulfonamides is 1. The first kappa shape index (κ1) is 30.0. The van der Waals surface area contributed by atoms with Crippen LogP contribution in [0, 0.1) is 0 Å². The molecule has 9 nitrogen and oxygen atoms in total. The molecule has 1 aliphatic carbocycles. The molecule has 0 bridgehead atoms. The first-order chi connectivity index (χ1) is 21.8. The zero-order valence-electron chi connectivity index (χ0n) is 26.0. The van der Waals surface area contributed by atoms with Gasteiger partial charge in [-0.2, -0.15) is 4.31 Å². The summed E-state index contributed by atoms with van der Waals surface area (Å²) in [6.07, 6.45) is 11.1. The number of methoxy groups -OCH3 is 1. The summed E-state index contributed by atoms with van der Waals surface area (Å²) in [5.41, 5.74) is 3.56. The highest BCUT2D eigenvalue weighted by atomic mass is 32.2. The molecule has 10 heteroatoms. The molecule has 1 amide bonds. The number of amides is 1. The summed E-state index contributed by atoms with van der Waals surface area (Å²) in [7, 11) is -0.354. The third kappa shape index (κ3) is 5.75. The second kappa shape index (κ2) is 12.2. The molecule has 236 valence electrons. The van der Waals surface area contributed by atoms with Crippen molar-refractivity contribution in [2.45, 2.75) is 74.6 Å². The second-order valence-electron chi connectivity index (χ2n) is 12.7. The van der Waals surface area contributed by atoms with Gasteiger partial charge in [0.1, 0.15) is 5.75 Å². The van der Waals surface area contributed by atoms with Crippen LogP contribution in [0.5, 0.6) is 5.75 Å². The molecule has 1 fully saturated rings. The summed E-state index contributed by atoms with van der Waals surface area (Å²) in [6.45, 7) is 2.80. The Balaban J connectivity index is 1.09. The van der Waals surface area contributed by atoms with Gasteiger partial charge in [-0.15, -0.1) is 0 Å². The number of fused-ring (bicyclic) bond motifs is 3. The monoisotopic (exact) mass is 627 g/mol. The lowest BCUT2D eigenvalue weighted by Crippen LogP contribution is -2.49. The molecule has 4 heterocycles. The van der Waals surface area contributed by atoms with E-state index < -0.39 is 16.1 Å². The SMILES string of the molecule is COc1ccc2cc(S(=O)(=O)N3CCn4cccc4C3CC(=O)N(C)[C@@H]3CCC[C@H](N4CCc5cnccc5C4)C3)ccc2c1. The van der Waals surface area contributed by atoms with Crippen molar-refractivity contribution in [2.24, 2.45) is 0 Å². The third-order valence-electron chi connectivity index (χ3n) is 10.2. The number of rotatable bonds is 7. The third-order valence-corrected chi connectivity index (χ3v) is 12.1. The Labute approximate surface area is 265 Å². The van der Waals surface area contributed by atoms with E-state index in [0.29, 0.717) is 19.1 Å². The topological polar surface area (TPSA) is 88.0 Å². The highest BCUT2D eigenvalue weighted by Gasteiger charge is 2.40. The molecule has 1 unspecified atom stereocenters. The lowest BCUT2D eigenvalue weighted by molar-refractivity contribution is -0.134. The summed E-state index contributed by atoms with van der Waals surface area (Å²) >= 11 is 0. The number of ether oxygens (including phenoxy) is 1. The van der Waals surface area contributed by atoms with Crippen LogP contribution in [0.15, 0.2) is 78.1 Å². The van der Waals surface area contributed by atoms with Crippen LogP contribution < -0.4 is 4.74 Å². The standard InChI is InChI=1S/C35H41N5O4S/c1-37(29-5-3-6-30(21-29)39-16-13-27-23-36-14-12-28(27)24-39)35(41)22-34-33-7-4-15-38(33)17-18-40(34)45(42,43)32-11-9-25-19-31(44-2)10-8-26(25)20-32/h4,7-12,14-15,19-20,23,29-30,34H,3,5-6,13,16-18,21-22,24H2,1-2H3/t29-,30+,34?/m1/s1. The number of hydrogen-bond donors (Lipinski definition) is 0. The number of benzene rings is 2. The highest BCUT2D eigenvalue weighted by molar-refractivity contribution is 7.89. The molecule has 0 spiro atoms. The minimum absolute atomic E-state index is 0.0128. The van der Waals surface area contributed by atoms with Crippen LogP contribution in [-0.2, 0) is 34.3 Å². The number of carbonyl (C=O) groups excluding carboxylic acids is 1. The minimum Gasteiger partial charge on any atom is -0.497 e. The Morgan fingerprint density at radius 3 is 2.73 bits per heavy atom. The number of aromatic nitrogens is 2. The van der Waals surface area contributed by atoms with Crippen LogP contribution in [0.25, 0.3) is 10.8 Å². The Morgan fingerprint density at radius 2 is 1.87 bits per heavy atom. The van der Waals surface area contributed by atoms with Crippen molar-refractivity contribution in [1.82, 2.24) is 23.7 Å². The van der Waals surface area contributed by atoms with Gasteiger partial charge in [0.25, 0.3) is 0 Å². The van der Waals surface area contributed by atoms with Crippen molar-refractivity contribution in [3.8, 4) is 5.75 Å². The van der Waals surface area contributed by atoms with Gasteiger partial charge in [-0.05, 0) is 96.5 Å². The van der Waals surface area contributed by atoms with Gasteiger partial charge in [0, 0.05) is 76.0 Å². The Morgan fingerprint density at radius 1 is 1.02 bits per heavy atom. The average Bonchev–Trinajstić information content (AvgIpc) is 3.57. The van der Waals surface area contributed by atoms with Crippen molar-refractivity contribution in [3.63, 3.8) is 0 Å². The molecule has 1 saturated carbocycles. The van der Waals surface area contributed by atoms with E-state index in [1.807, 2.05) is 66.9 Å². The first-order valence-corrected chi connectivity index (χ1v) is 17.4. The quantitative estimate of drug-likeness (QED) is 0.287. The maximum atomic E-state index is 14.2. The molecule has 2 aliphatic heterocycles. The van der Waals surface area contributed by atoms with Crippen LogP contribution in [0.2, 0.25) is 0 Å². The summed E-state index contributed by atoms with van der Waals surface area (Å²) in [5.74, 6) is 0.710. The van der Waals surface area contributed by atoms with Crippen molar-refractivity contribution >= 4 is 26.7 Å². The zero-order valence-corrected chi connectivity index (χ0v) is 26.8. The Kier molecular flexibility index (Phi) is 8.14. The van der Waals surface area contributed by atoms with Crippen molar-refractivity contribution < 1.29 is 17.9 Å². The molecule has 0 saturated heterocycles. The van der Waals surface area contributed by atoms with Crippen molar-refractivity contribution in [2.75, 3.05) is 27.2 Å². The van der Waals surface area contributed by atoms with E-state index in [4.69, 9.17) is 4.74 Å². The van der Waals surface area contributed by atoms with Gasteiger partial charge in [0.15, 0.2) is 0 Å². The van der Waals surface area contributed by atoms with Crippen LogP contribution >= 0.6 is 0 Å². The van der Waals surface area contributed by atoms with Crippen LogP contribution in [0.4, 0.5) is 0 Å². The van der Waals surface area contributed by atoms with Gasteiger partial charge in [0.2, 0.25) is 15.9 Å². The maximum Gasteiger partial charge on any atom is 0.243 e. The van der Waals surface area contributed by atoms with E-state index in [0.717, 1.165) is 67.4 Å². The summed E-state index contributed by atoms with van der Waals surface area (Å²) in [6, 6.07) is 16.8. The summed E-state index contributed by atoms with van der Waals surface area (Å²) in [4.78, 5) is 23.0. The molecular weight excluding hydrogens is 586 g/mol. The van der Waals surface area contributed by atoms with Gasteiger partial charge in [-0.25, -0.2) is 8.42 Å². The fourth-order valence-electron chi connectivity index (χ4n) is 7.61. The first-order valence-electron chi connectivity index (χ1n) is 16.0. The molecule has 2 aromatic heterocycles. The van der Waals surface area contributed by atoms with Gasteiger partial charge in [0.05, 0.1) is 18.0 Å². The predicted molar refractivity (Wildman–Crippen MR) is 173 cm³/mol. The average molecular weight is 628 g/mol. The van der Waals surface area contributed by atoms with Crippen LogP contribution in [0.3, 0.4) is 0 Å². The fraction of sp³-hybridized carbons (Fsp3) is 0.429. The molecule has 7 rings (SSSR count). The maximum absolute atomic E-state index is 14.2. The lowest BCUT2D eigenvalue weighted by Gasteiger charge is -2.43. The number of hydrogen-bond acceptors (Lipinski definition) is 6. The van der Waals surface area contributed by atoms with Gasteiger partial charge in [-0.3, -0.25) is 14.7 Å². The molecule has 3 aliphatic rings. The molecule has 4 aromatic rings. The normalized spacial score (nSPS) is 22.5. The van der Waals surface area contributed by atoms with Crippen molar-refractivity contribution in [3.05, 3.63) is 90.0 Å². The van der Waals surface area contributed by atoms with E-state index in [-0.39, 0.29) is 23.3 Å². The van der Waals surface area contributed by atoms with Gasteiger partial charge < -0.3 is 14.2 Å². The smallest absolute Gasteiger partial charge is 0.243 e. The summed E-state index contributed by atoms with van der Waals surface area (Å²) in [5, 5.41) is 1.73. The van der Waals surface area contributed by atoms with E-state index in [9.17, 15) is 13.2 Å². The highest BCUT2D eigenvalue weighted by Crippen LogP contribution is 2.37. The summed E-state index contributed by atoms with van der Waals surface area (Å²) < 4.78 is 37.4. The predicted octanol–water partition coefficient (Wildman–Crippen LogP) is 5.01. The van der Waals surface area contributed by atoms with E-state index in [1.54, 1.807) is 23.5 Å². The molecule has 0 N–H and O–H groups in total. The van der Waals surface area contributed by atoms with Crippen LogP contribution in [0.1, 0.15) is 55.0 Å². The van der Waals surface area contributed by atoms with Gasteiger partial charge in [-0.1, -0.05) is 12.1 Å². The zero-order chi connectivity index (χ0) is 31.1. The Bertz CT molecular complexity index is 1820. The molecule has 0 radical (unpaired) electrons. The molecule has 2 aromatic carbocycles. The number of pyridine rings is 1. The van der Waals surface area contributed by atoms with E-state index in [1.165, 1.54) is 11.1 Å². The van der Waals surface area contributed by atoms with E-state index >= 15 is 0 Å². The lowest BCUT2D eigenvalue weighted by atomic mass is 9.87. The number of carbonyl (C=O) groups is 1. The fourth-order valence-corrected chi connectivity index (χ4v) is 9.23. The molecule has 45 heavy (non-hydrogen) atoms. The van der Waals surface area contributed by atoms with Gasteiger partial charge >= 0.3 is 0 Å².